The highest BCUT2D eigenvalue weighted by molar-refractivity contribution is 7.99. The normalized spacial score (nSPS) is 10.8. The molecule has 9 heteroatoms. The average Bonchev–Trinajstić information content (AvgIpc) is 3.45. The minimum atomic E-state index is -0.120. The van der Waals surface area contributed by atoms with Gasteiger partial charge < -0.3 is 14.8 Å². The van der Waals surface area contributed by atoms with E-state index in [0.29, 0.717) is 11.7 Å². The van der Waals surface area contributed by atoms with Gasteiger partial charge in [-0.1, -0.05) is 54.2 Å². The topological polar surface area (TPSA) is 75.9 Å². The van der Waals surface area contributed by atoms with E-state index in [1.807, 2.05) is 73.4 Å². The predicted octanol–water partition coefficient (Wildman–Crippen LogP) is 4.89. The van der Waals surface area contributed by atoms with Gasteiger partial charge in [0.15, 0.2) is 16.1 Å². The number of carbonyl (C=O) groups is 1. The maximum atomic E-state index is 12.5. The Hall–Kier alpha value is -3.17. The number of nitrogens with one attached hydrogen (secondary N) is 1. The minimum absolute atomic E-state index is 0.120. The summed E-state index contributed by atoms with van der Waals surface area (Å²) >= 11 is 2.79. The molecule has 2 aromatic carbocycles. The number of thioether (sulfide) groups is 1. The number of carbonyl (C=O) groups excluding carboxylic acids is 1. The van der Waals surface area contributed by atoms with Crippen molar-refractivity contribution in [1.29, 1.82) is 0 Å². The summed E-state index contributed by atoms with van der Waals surface area (Å²) in [5.74, 6) is 0.910. The van der Waals surface area contributed by atoms with Crippen molar-refractivity contribution in [2.45, 2.75) is 18.6 Å². The molecule has 164 valence electrons. The molecule has 7 nitrogen and oxygen atoms in total. The van der Waals surface area contributed by atoms with Gasteiger partial charge in [-0.05, 0) is 19.1 Å². The molecule has 1 N–H and O–H groups in total. The highest BCUT2D eigenvalue weighted by Gasteiger charge is 2.16. The Kier molecular flexibility index (Phi) is 6.87. The second-order valence-electron chi connectivity index (χ2n) is 7.24. The molecule has 0 saturated carbocycles. The number of hydrogen-bond acceptors (Lipinski definition) is 7. The van der Waals surface area contributed by atoms with E-state index in [0.717, 1.165) is 33.5 Å². The molecule has 2 heterocycles. The van der Waals surface area contributed by atoms with Gasteiger partial charge in [0.25, 0.3) is 0 Å². The van der Waals surface area contributed by atoms with Crippen LogP contribution < -0.4 is 10.2 Å². The lowest BCUT2D eigenvalue weighted by molar-refractivity contribution is -0.113. The third-order valence-electron chi connectivity index (χ3n) is 4.81. The lowest BCUT2D eigenvalue weighted by atomic mass is 10.2. The first-order valence-corrected chi connectivity index (χ1v) is 12.1. The van der Waals surface area contributed by atoms with Crippen LogP contribution in [0.1, 0.15) is 6.92 Å². The molecule has 1 amide bonds. The number of amides is 1. The van der Waals surface area contributed by atoms with E-state index in [-0.39, 0.29) is 11.7 Å². The third kappa shape index (κ3) is 5.00. The number of rotatable bonds is 8. The molecule has 0 fully saturated rings. The Morgan fingerprint density at radius 3 is 2.62 bits per heavy atom. The van der Waals surface area contributed by atoms with E-state index in [1.54, 1.807) is 0 Å². The van der Waals surface area contributed by atoms with Gasteiger partial charge in [-0.15, -0.1) is 21.5 Å². The van der Waals surface area contributed by atoms with Crippen molar-refractivity contribution >= 4 is 39.8 Å². The number of anilines is 2. The molecule has 4 aromatic rings. The number of thiazole rings is 1. The van der Waals surface area contributed by atoms with Gasteiger partial charge in [0.2, 0.25) is 5.91 Å². The Labute approximate surface area is 195 Å². The fourth-order valence-corrected chi connectivity index (χ4v) is 4.71. The molecule has 0 atom stereocenters. The van der Waals surface area contributed by atoms with Gasteiger partial charge >= 0.3 is 0 Å². The van der Waals surface area contributed by atoms with E-state index in [9.17, 15) is 4.79 Å². The van der Waals surface area contributed by atoms with Crippen LogP contribution in [0.15, 0.2) is 65.1 Å². The second kappa shape index (κ2) is 9.97. The second-order valence-corrected chi connectivity index (χ2v) is 9.04. The molecule has 32 heavy (non-hydrogen) atoms. The van der Waals surface area contributed by atoms with Gasteiger partial charge in [0, 0.05) is 42.8 Å². The van der Waals surface area contributed by atoms with Gasteiger partial charge in [-0.3, -0.25) is 4.79 Å². The van der Waals surface area contributed by atoms with Crippen molar-refractivity contribution in [3.63, 3.8) is 0 Å². The molecule has 0 unspecified atom stereocenters. The number of aromatic nitrogens is 4. The summed E-state index contributed by atoms with van der Waals surface area (Å²) in [4.78, 5) is 19.1. The van der Waals surface area contributed by atoms with Crippen molar-refractivity contribution in [2.24, 2.45) is 0 Å². The van der Waals surface area contributed by atoms with Gasteiger partial charge in [0.05, 0.1) is 11.4 Å². The van der Waals surface area contributed by atoms with Crippen LogP contribution in [0, 0.1) is 0 Å². The molecule has 0 bridgehead atoms. The monoisotopic (exact) mass is 464 g/mol. The van der Waals surface area contributed by atoms with E-state index in [1.165, 1.54) is 23.1 Å². The Morgan fingerprint density at radius 2 is 1.88 bits per heavy atom. The van der Waals surface area contributed by atoms with Crippen LogP contribution in [-0.4, -0.2) is 45.5 Å². The highest BCUT2D eigenvalue weighted by atomic mass is 32.2. The summed E-state index contributed by atoms with van der Waals surface area (Å²) in [6, 6.07) is 18.1. The largest absolute Gasteiger partial charge is 0.378 e. The Bertz CT molecular complexity index is 1200. The summed E-state index contributed by atoms with van der Waals surface area (Å²) in [6.07, 6.45) is 0. The van der Waals surface area contributed by atoms with Crippen LogP contribution in [0.4, 0.5) is 10.8 Å². The zero-order valence-electron chi connectivity index (χ0n) is 18.1. The van der Waals surface area contributed by atoms with E-state index in [2.05, 4.69) is 37.5 Å². The van der Waals surface area contributed by atoms with Crippen molar-refractivity contribution in [3.8, 4) is 22.6 Å². The van der Waals surface area contributed by atoms with Crippen molar-refractivity contribution < 1.29 is 4.79 Å². The maximum absolute atomic E-state index is 12.5. The molecule has 0 aliphatic heterocycles. The summed E-state index contributed by atoms with van der Waals surface area (Å²) < 4.78 is 2.03. The third-order valence-corrected chi connectivity index (χ3v) is 6.53. The van der Waals surface area contributed by atoms with Crippen LogP contribution in [0.25, 0.3) is 22.6 Å². The SMILES string of the molecule is CCn1c(SCC(=O)Nc2nc(-c3ccccc3)cs2)nnc1-c1cccc(N(C)C)c1. The van der Waals surface area contributed by atoms with Crippen molar-refractivity contribution in [1.82, 2.24) is 19.7 Å². The lowest BCUT2D eigenvalue weighted by Crippen LogP contribution is -2.14. The molecule has 0 aliphatic rings. The van der Waals surface area contributed by atoms with Crippen LogP contribution >= 0.6 is 23.1 Å². The van der Waals surface area contributed by atoms with Crippen LogP contribution in [0.2, 0.25) is 0 Å². The molecule has 0 aliphatic carbocycles. The molecule has 0 spiro atoms. The van der Waals surface area contributed by atoms with E-state index >= 15 is 0 Å². The molecular formula is C23H24N6OS2. The summed E-state index contributed by atoms with van der Waals surface area (Å²) in [5.41, 5.74) is 3.98. The van der Waals surface area contributed by atoms with Crippen LogP contribution in [-0.2, 0) is 11.3 Å². The Morgan fingerprint density at radius 1 is 1.09 bits per heavy atom. The summed E-state index contributed by atoms with van der Waals surface area (Å²) in [5, 5.41) is 14.9. The molecule has 2 aromatic heterocycles. The zero-order valence-corrected chi connectivity index (χ0v) is 19.8. The maximum Gasteiger partial charge on any atom is 0.236 e. The van der Waals surface area contributed by atoms with Crippen molar-refractivity contribution in [3.05, 3.63) is 60.0 Å². The smallest absolute Gasteiger partial charge is 0.236 e. The minimum Gasteiger partial charge on any atom is -0.378 e. The first-order chi connectivity index (χ1) is 15.5. The number of nitrogens with zero attached hydrogens (tertiary/aromatic N) is 5. The molecule has 4 rings (SSSR count). The van der Waals surface area contributed by atoms with E-state index in [4.69, 9.17) is 0 Å². The Balaban J connectivity index is 1.41. The fourth-order valence-electron chi connectivity index (χ4n) is 3.18. The lowest BCUT2D eigenvalue weighted by Gasteiger charge is -2.14. The number of hydrogen-bond donors (Lipinski definition) is 1. The average molecular weight is 465 g/mol. The molecular weight excluding hydrogens is 440 g/mol. The predicted molar refractivity (Wildman–Crippen MR) is 132 cm³/mol. The fraction of sp³-hybridized carbons (Fsp3) is 0.217. The van der Waals surface area contributed by atoms with Crippen LogP contribution in [0.5, 0.6) is 0 Å². The zero-order chi connectivity index (χ0) is 22.5. The number of benzene rings is 2. The van der Waals surface area contributed by atoms with E-state index < -0.39 is 0 Å². The quantitative estimate of drug-likeness (QED) is 0.374. The van der Waals surface area contributed by atoms with Gasteiger partial charge in [-0.25, -0.2) is 4.98 Å². The first-order valence-electron chi connectivity index (χ1n) is 10.2. The molecule has 0 saturated heterocycles. The highest BCUT2D eigenvalue weighted by Crippen LogP contribution is 2.28. The van der Waals surface area contributed by atoms with Gasteiger partial charge in [-0.2, -0.15) is 0 Å². The van der Waals surface area contributed by atoms with Crippen molar-refractivity contribution in [2.75, 3.05) is 30.1 Å². The molecule has 0 radical (unpaired) electrons. The first kappa shape index (κ1) is 22.0. The standard InChI is InChI=1S/C23H24N6OS2/c1-4-29-21(17-11-8-12-18(13-17)28(2)3)26-27-23(29)32-15-20(30)25-22-24-19(14-31-22)16-9-6-5-7-10-16/h5-14H,4,15H2,1-3H3,(H,24,25,30). The van der Waals surface area contributed by atoms with Crippen LogP contribution in [0.3, 0.4) is 0 Å². The summed E-state index contributed by atoms with van der Waals surface area (Å²) in [7, 11) is 4.02. The van der Waals surface area contributed by atoms with Gasteiger partial charge in [0.1, 0.15) is 0 Å². The summed E-state index contributed by atoms with van der Waals surface area (Å²) in [6.45, 7) is 2.76.